The van der Waals surface area contributed by atoms with E-state index >= 15 is 0 Å². The quantitative estimate of drug-likeness (QED) is 0.728. The predicted molar refractivity (Wildman–Crippen MR) is 67.2 cm³/mol. The van der Waals surface area contributed by atoms with Crippen LogP contribution in [0.4, 0.5) is 0 Å². The molecule has 0 radical (unpaired) electrons. The number of likely N-dealkylation sites (tertiary alicyclic amines) is 1. The average molecular weight is 212 g/mol. The van der Waals surface area contributed by atoms with Crippen LogP contribution in [0.5, 0.6) is 0 Å². The summed E-state index contributed by atoms with van der Waals surface area (Å²) in [7, 11) is 0. The van der Waals surface area contributed by atoms with Crippen LogP contribution in [-0.4, -0.2) is 37.1 Å². The largest absolute Gasteiger partial charge is 0.313 e. The van der Waals surface area contributed by atoms with Crippen LogP contribution in [0.25, 0.3) is 0 Å². The van der Waals surface area contributed by atoms with Crippen molar-refractivity contribution in [2.45, 2.75) is 53.0 Å². The summed E-state index contributed by atoms with van der Waals surface area (Å²) in [4.78, 5) is 2.59. The van der Waals surface area contributed by atoms with Crippen molar-refractivity contribution in [2.75, 3.05) is 26.2 Å². The Labute approximate surface area is 95.4 Å². The molecule has 1 aliphatic heterocycles. The third-order valence-corrected chi connectivity index (χ3v) is 3.40. The lowest BCUT2D eigenvalue weighted by atomic mass is 9.93. The van der Waals surface area contributed by atoms with Crippen molar-refractivity contribution in [3.05, 3.63) is 0 Å². The van der Waals surface area contributed by atoms with Crippen molar-refractivity contribution in [3.8, 4) is 0 Å². The summed E-state index contributed by atoms with van der Waals surface area (Å²) in [5.74, 6) is 0. The van der Waals surface area contributed by atoms with E-state index in [1.165, 1.54) is 38.9 Å². The fourth-order valence-electron chi connectivity index (χ4n) is 2.42. The van der Waals surface area contributed by atoms with E-state index in [0.29, 0.717) is 11.5 Å². The molecule has 0 aromatic carbocycles. The van der Waals surface area contributed by atoms with Gasteiger partial charge in [-0.2, -0.15) is 0 Å². The molecular weight excluding hydrogens is 184 g/mol. The predicted octanol–water partition coefficient (Wildman–Crippen LogP) is 2.50. The smallest absolute Gasteiger partial charge is 0.0107 e. The normalized spacial score (nSPS) is 23.2. The number of hydrogen-bond acceptors (Lipinski definition) is 2. The second-order valence-corrected chi connectivity index (χ2v) is 5.83. The minimum absolute atomic E-state index is 0.551. The lowest BCUT2D eigenvalue weighted by Gasteiger charge is -2.21. The molecule has 0 saturated carbocycles. The molecule has 0 aromatic heterocycles. The minimum Gasteiger partial charge on any atom is -0.313 e. The molecule has 1 unspecified atom stereocenters. The zero-order valence-corrected chi connectivity index (χ0v) is 11.0. The maximum atomic E-state index is 3.60. The molecular formula is C13H28N2. The summed E-state index contributed by atoms with van der Waals surface area (Å²) in [6.07, 6.45) is 3.94. The van der Waals surface area contributed by atoms with Crippen LogP contribution in [0.2, 0.25) is 0 Å². The summed E-state index contributed by atoms with van der Waals surface area (Å²) in [5.41, 5.74) is 0.551. The maximum absolute atomic E-state index is 3.60. The zero-order chi connectivity index (χ0) is 11.3. The zero-order valence-electron chi connectivity index (χ0n) is 11.0. The highest BCUT2D eigenvalue weighted by Gasteiger charge is 2.28. The van der Waals surface area contributed by atoms with E-state index in [1.54, 1.807) is 0 Å². The van der Waals surface area contributed by atoms with E-state index in [9.17, 15) is 0 Å². The molecule has 15 heavy (non-hydrogen) atoms. The van der Waals surface area contributed by atoms with E-state index in [2.05, 4.69) is 37.9 Å². The Morgan fingerprint density at radius 3 is 2.67 bits per heavy atom. The Balaban J connectivity index is 2.06. The monoisotopic (exact) mass is 212 g/mol. The van der Waals surface area contributed by atoms with E-state index in [0.717, 1.165) is 6.54 Å². The molecule has 90 valence electrons. The Kier molecular flexibility index (Phi) is 5.07. The van der Waals surface area contributed by atoms with Gasteiger partial charge in [0.15, 0.2) is 0 Å². The van der Waals surface area contributed by atoms with E-state index in [1.807, 2.05) is 0 Å². The third kappa shape index (κ3) is 4.98. The summed E-state index contributed by atoms with van der Waals surface area (Å²) in [6.45, 7) is 14.2. The molecule has 2 heteroatoms. The standard InChI is InChI=1S/C13H28N2/c1-5-6-12(2)14-8-10-15-9-7-13(3,4)11-15/h12,14H,5-11H2,1-4H3. The summed E-state index contributed by atoms with van der Waals surface area (Å²) in [6, 6.07) is 0.686. The van der Waals surface area contributed by atoms with Crippen LogP contribution in [0.3, 0.4) is 0 Å². The first-order chi connectivity index (χ1) is 7.03. The fourth-order valence-corrected chi connectivity index (χ4v) is 2.42. The number of rotatable bonds is 6. The molecule has 1 atom stereocenters. The van der Waals surface area contributed by atoms with Gasteiger partial charge in [-0.25, -0.2) is 0 Å². The Morgan fingerprint density at radius 1 is 1.40 bits per heavy atom. The number of nitrogens with one attached hydrogen (secondary N) is 1. The van der Waals surface area contributed by atoms with E-state index in [4.69, 9.17) is 0 Å². The van der Waals surface area contributed by atoms with Crippen molar-refractivity contribution in [1.29, 1.82) is 0 Å². The van der Waals surface area contributed by atoms with Crippen LogP contribution in [0.1, 0.15) is 47.0 Å². The van der Waals surface area contributed by atoms with Crippen molar-refractivity contribution in [3.63, 3.8) is 0 Å². The van der Waals surface area contributed by atoms with Crippen molar-refractivity contribution in [2.24, 2.45) is 5.41 Å². The molecule has 1 aliphatic rings. The second kappa shape index (κ2) is 5.86. The lowest BCUT2D eigenvalue weighted by Crippen LogP contribution is -2.35. The highest BCUT2D eigenvalue weighted by atomic mass is 15.2. The molecule has 0 aromatic rings. The van der Waals surface area contributed by atoms with Gasteiger partial charge in [0.05, 0.1) is 0 Å². The van der Waals surface area contributed by atoms with Crippen LogP contribution in [-0.2, 0) is 0 Å². The molecule has 1 fully saturated rings. The van der Waals surface area contributed by atoms with Crippen LogP contribution in [0.15, 0.2) is 0 Å². The molecule has 1 rings (SSSR count). The first kappa shape index (κ1) is 13.0. The summed E-state index contributed by atoms with van der Waals surface area (Å²) in [5, 5.41) is 3.60. The number of nitrogens with zero attached hydrogens (tertiary/aromatic N) is 1. The van der Waals surface area contributed by atoms with Gasteiger partial charge in [0.2, 0.25) is 0 Å². The fraction of sp³-hybridized carbons (Fsp3) is 1.00. The van der Waals surface area contributed by atoms with Gasteiger partial charge in [-0.1, -0.05) is 27.2 Å². The molecule has 2 nitrogen and oxygen atoms in total. The maximum Gasteiger partial charge on any atom is 0.0107 e. The first-order valence-corrected chi connectivity index (χ1v) is 6.49. The highest BCUT2D eigenvalue weighted by Crippen LogP contribution is 2.28. The van der Waals surface area contributed by atoms with Gasteiger partial charge in [-0.3, -0.25) is 0 Å². The van der Waals surface area contributed by atoms with Crippen molar-refractivity contribution < 1.29 is 0 Å². The van der Waals surface area contributed by atoms with Gasteiger partial charge < -0.3 is 10.2 Å². The first-order valence-electron chi connectivity index (χ1n) is 6.49. The third-order valence-electron chi connectivity index (χ3n) is 3.40. The van der Waals surface area contributed by atoms with Gasteiger partial charge in [0, 0.05) is 25.7 Å². The van der Waals surface area contributed by atoms with Crippen LogP contribution >= 0.6 is 0 Å². The average Bonchev–Trinajstić information content (AvgIpc) is 2.46. The Hall–Kier alpha value is -0.0800. The SMILES string of the molecule is CCCC(C)NCCN1CCC(C)(C)C1. The van der Waals surface area contributed by atoms with Gasteiger partial charge in [-0.15, -0.1) is 0 Å². The molecule has 0 bridgehead atoms. The Morgan fingerprint density at radius 2 is 2.13 bits per heavy atom. The van der Waals surface area contributed by atoms with Crippen molar-refractivity contribution in [1.82, 2.24) is 10.2 Å². The minimum atomic E-state index is 0.551. The summed E-state index contributed by atoms with van der Waals surface area (Å²) >= 11 is 0. The van der Waals surface area contributed by atoms with E-state index in [-0.39, 0.29) is 0 Å². The Bertz CT molecular complexity index is 177. The van der Waals surface area contributed by atoms with E-state index < -0.39 is 0 Å². The molecule has 1 saturated heterocycles. The summed E-state index contributed by atoms with van der Waals surface area (Å²) < 4.78 is 0. The van der Waals surface area contributed by atoms with Gasteiger partial charge in [-0.05, 0) is 31.7 Å². The lowest BCUT2D eigenvalue weighted by molar-refractivity contribution is 0.285. The molecule has 0 aliphatic carbocycles. The van der Waals surface area contributed by atoms with Crippen LogP contribution in [0, 0.1) is 5.41 Å². The molecule has 1 heterocycles. The van der Waals surface area contributed by atoms with Gasteiger partial charge in [0.1, 0.15) is 0 Å². The van der Waals surface area contributed by atoms with Crippen molar-refractivity contribution >= 4 is 0 Å². The molecule has 1 N–H and O–H groups in total. The topological polar surface area (TPSA) is 15.3 Å². The van der Waals surface area contributed by atoms with Gasteiger partial charge >= 0.3 is 0 Å². The van der Waals surface area contributed by atoms with Crippen LogP contribution < -0.4 is 5.32 Å². The van der Waals surface area contributed by atoms with Gasteiger partial charge in [0.25, 0.3) is 0 Å². The number of hydrogen-bond donors (Lipinski definition) is 1. The molecule has 0 spiro atoms. The highest BCUT2D eigenvalue weighted by molar-refractivity contribution is 4.82. The second-order valence-electron chi connectivity index (χ2n) is 5.83. The molecule has 0 amide bonds.